The van der Waals surface area contributed by atoms with E-state index in [1.54, 1.807) is 24.3 Å². The van der Waals surface area contributed by atoms with Crippen LogP contribution in [0.3, 0.4) is 0 Å². The lowest BCUT2D eigenvalue weighted by atomic mass is 10.0. The van der Waals surface area contributed by atoms with Crippen LogP contribution in [0.4, 0.5) is 0 Å². The highest BCUT2D eigenvalue weighted by molar-refractivity contribution is 6.30. The van der Waals surface area contributed by atoms with Crippen molar-refractivity contribution >= 4 is 29.3 Å². The maximum Gasteiger partial charge on any atom is 0.243 e. The number of hydrogen-bond donors (Lipinski definition) is 3. The van der Waals surface area contributed by atoms with Crippen molar-refractivity contribution in [1.82, 2.24) is 16.0 Å². The number of benzene rings is 2. The van der Waals surface area contributed by atoms with Crippen LogP contribution in [0, 0.1) is 0 Å². The standard InChI is InChI=1S/C23H26ClN3O3/c1-15(28)25-20(17-7-9-18(24)10-8-17)14-22(29)27-21(23(30)26-19-11-12-19)13-16-5-3-2-4-6-16/h2-10,19-21H,11-14H2,1H3,(H,25,28)(H,26,30)(H,27,29). The minimum atomic E-state index is -0.677. The third kappa shape index (κ3) is 6.88. The van der Waals surface area contributed by atoms with Crippen LogP contribution in [-0.2, 0) is 20.8 Å². The van der Waals surface area contributed by atoms with E-state index in [0.717, 1.165) is 24.0 Å². The average Bonchev–Trinajstić information content (AvgIpc) is 3.52. The zero-order valence-electron chi connectivity index (χ0n) is 16.9. The third-order valence-corrected chi connectivity index (χ3v) is 5.15. The number of amides is 3. The van der Waals surface area contributed by atoms with Gasteiger partial charge in [-0.3, -0.25) is 14.4 Å². The van der Waals surface area contributed by atoms with E-state index in [1.807, 2.05) is 30.3 Å². The summed E-state index contributed by atoms with van der Waals surface area (Å²) in [6.07, 6.45) is 2.36. The minimum absolute atomic E-state index is 0.0171. The summed E-state index contributed by atoms with van der Waals surface area (Å²) in [5, 5.41) is 9.19. The molecule has 2 aromatic carbocycles. The molecule has 2 unspecified atom stereocenters. The minimum Gasteiger partial charge on any atom is -0.352 e. The fraction of sp³-hybridized carbons (Fsp3) is 0.348. The van der Waals surface area contributed by atoms with Gasteiger partial charge in [-0.2, -0.15) is 0 Å². The summed E-state index contributed by atoms with van der Waals surface area (Å²) in [6.45, 7) is 1.40. The summed E-state index contributed by atoms with van der Waals surface area (Å²) in [6, 6.07) is 15.6. The van der Waals surface area contributed by atoms with Crippen molar-refractivity contribution in [2.45, 2.75) is 50.7 Å². The molecule has 0 saturated heterocycles. The van der Waals surface area contributed by atoms with Gasteiger partial charge in [-0.05, 0) is 36.1 Å². The first kappa shape index (κ1) is 21.8. The van der Waals surface area contributed by atoms with E-state index in [1.165, 1.54) is 6.92 Å². The van der Waals surface area contributed by atoms with E-state index in [9.17, 15) is 14.4 Å². The quantitative estimate of drug-likeness (QED) is 0.575. The molecule has 30 heavy (non-hydrogen) atoms. The Morgan fingerprint density at radius 2 is 1.67 bits per heavy atom. The molecule has 158 valence electrons. The molecule has 1 fully saturated rings. The first-order valence-electron chi connectivity index (χ1n) is 10.1. The molecule has 0 spiro atoms. The lowest BCUT2D eigenvalue weighted by Gasteiger charge is -2.22. The molecule has 2 atom stereocenters. The van der Waals surface area contributed by atoms with E-state index in [0.29, 0.717) is 11.4 Å². The Labute approximate surface area is 181 Å². The molecule has 1 aliphatic rings. The SMILES string of the molecule is CC(=O)NC(CC(=O)NC(Cc1ccccc1)C(=O)NC1CC1)c1ccc(Cl)cc1. The molecular formula is C23H26ClN3O3. The highest BCUT2D eigenvalue weighted by Crippen LogP contribution is 2.21. The van der Waals surface area contributed by atoms with Crippen LogP contribution in [-0.4, -0.2) is 29.8 Å². The molecule has 1 aliphatic carbocycles. The highest BCUT2D eigenvalue weighted by Gasteiger charge is 2.29. The Hall–Kier alpha value is -2.86. The predicted molar refractivity (Wildman–Crippen MR) is 116 cm³/mol. The van der Waals surface area contributed by atoms with Crippen molar-refractivity contribution < 1.29 is 14.4 Å². The van der Waals surface area contributed by atoms with E-state index in [2.05, 4.69) is 16.0 Å². The molecule has 0 radical (unpaired) electrons. The second-order valence-electron chi connectivity index (χ2n) is 7.60. The van der Waals surface area contributed by atoms with Crippen molar-refractivity contribution in [3.05, 3.63) is 70.7 Å². The van der Waals surface area contributed by atoms with Gasteiger partial charge in [0.05, 0.1) is 12.5 Å². The van der Waals surface area contributed by atoms with Crippen molar-refractivity contribution in [2.24, 2.45) is 0 Å². The molecular weight excluding hydrogens is 402 g/mol. The molecule has 3 amide bonds. The van der Waals surface area contributed by atoms with Gasteiger partial charge in [0, 0.05) is 24.4 Å². The van der Waals surface area contributed by atoms with Crippen LogP contribution in [0.25, 0.3) is 0 Å². The Balaban J connectivity index is 1.69. The fourth-order valence-corrected chi connectivity index (χ4v) is 3.35. The van der Waals surface area contributed by atoms with E-state index < -0.39 is 12.1 Å². The van der Waals surface area contributed by atoms with Gasteiger partial charge in [0.1, 0.15) is 6.04 Å². The summed E-state index contributed by atoms with van der Waals surface area (Å²) in [5.74, 6) is -0.733. The lowest BCUT2D eigenvalue weighted by Crippen LogP contribution is -2.49. The predicted octanol–water partition coefficient (Wildman–Crippen LogP) is 2.91. The highest BCUT2D eigenvalue weighted by atomic mass is 35.5. The van der Waals surface area contributed by atoms with Crippen LogP contribution in [0.15, 0.2) is 54.6 Å². The number of carbonyl (C=O) groups excluding carboxylic acids is 3. The number of halogens is 1. The van der Waals surface area contributed by atoms with Crippen LogP contribution in [0.5, 0.6) is 0 Å². The average molecular weight is 428 g/mol. The Bertz CT molecular complexity index is 882. The van der Waals surface area contributed by atoms with Gasteiger partial charge in [0.25, 0.3) is 0 Å². The van der Waals surface area contributed by atoms with Gasteiger partial charge in [0.15, 0.2) is 0 Å². The van der Waals surface area contributed by atoms with Crippen LogP contribution in [0.1, 0.15) is 43.4 Å². The molecule has 3 N–H and O–H groups in total. The molecule has 1 saturated carbocycles. The van der Waals surface area contributed by atoms with E-state index >= 15 is 0 Å². The van der Waals surface area contributed by atoms with Crippen molar-refractivity contribution in [1.29, 1.82) is 0 Å². The maximum absolute atomic E-state index is 12.8. The summed E-state index contributed by atoms with van der Waals surface area (Å²) in [4.78, 5) is 37.2. The van der Waals surface area contributed by atoms with Crippen LogP contribution >= 0.6 is 11.6 Å². The summed E-state index contributed by atoms with van der Waals surface area (Å²) in [7, 11) is 0. The normalized spacial score (nSPS) is 15.0. The molecule has 0 bridgehead atoms. The van der Waals surface area contributed by atoms with Gasteiger partial charge in [-0.1, -0.05) is 54.1 Å². The first-order chi connectivity index (χ1) is 14.4. The molecule has 0 aliphatic heterocycles. The molecule has 0 heterocycles. The van der Waals surface area contributed by atoms with Crippen LogP contribution in [0.2, 0.25) is 5.02 Å². The Kier molecular flexibility index (Phi) is 7.46. The molecule has 6 nitrogen and oxygen atoms in total. The second-order valence-corrected chi connectivity index (χ2v) is 8.04. The first-order valence-corrected chi connectivity index (χ1v) is 10.4. The van der Waals surface area contributed by atoms with Crippen LogP contribution < -0.4 is 16.0 Å². The van der Waals surface area contributed by atoms with Gasteiger partial charge in [-0.25, -0.2) is 0 Å². The summed E-state index contributed by atoms with van der Waals surface area (Å²) in [5.41, 5.74) is 1.73. The monoisotopic (exact) mass is 427 g/mol. The largest absolute Gasteiger partial charge is 0.352 e. The van der Waals surface area contributed by atoms with Gasteiger partial charge >= 0.3 is 0 Å². The molecule has 0 aromatic heterocycles. The summed E-state index contributed by atoms with van der Waals surface area (Å²) >= 11 is 5.94. The van der Waals surface area contributed by atoms with Crippen molar-refractivity contribution in [3.8, 4) is 0 Å². The van der Waals surface area contributed by atoms with Gasteiger partial charge < -0.3 is 16.0 Å². The topological polar surface area (TPSA) is 87.3 Å². The zero-order valence-corrected chi connectivity index (χ0v) is 17.6. The summed E-state index contributed by atoms with van der Waals surface area (Å²) < 4.78 is 0. The van der Waals surface area contributed by atoms with Gasteiger partial charge in [0.2, 0.25) is 17.7 Å². The fourth-order valence-electron chi connectivity index (χ4n) is 3.22. The smallest absolute Gasteiger partial charge is 0.243 e. The maximum atomic E-state index is 12.8. The lowest BCUT2D eigenvalue weighted by molar-refractivity contribution is -0.129. The molecule has 2 aromatic rings. The zero-order chi connectivity index (χ0) is 21.5. The van der Waals surface area contributed by atoms with Crippen molar-refractivity contribution in [2.75, 3.05) is 0 Å². The number of rotatable bonds is 9. The molecule has 7 heteroatoms. The number of nitrogens with one attached hydrogen (secondary N) is 3. The number of hydrogen-bond acceptors (Lipinski definition) is 3. The number of carbonyl (C=O) groups is 3. The Morgan fingerprint density at radius 1 is 1.00 bits per heavy atom. The molecule has 3 rings (SSSR count). The second kappa shape index (κ2) is 10.3. The third-order valence-electron chi connectivity index (χ3n) is 4.90. The van der Waals surface area contributed by atoms with Crippen molar-refractivity contribution in [3.63, 3.8) is 0 Å². The van der Waals surface area contributed by atoms with E-state index in [-0.39, 0.29) is 30.2 Å². The van der Waals surface area contributed by atoms with Gasteiger partial charge in [-0.15, -0.1) is 0 Å². The van der Waals surface area contributed by atoms with E-state index in [4.69, 9.17) is 11.6 Å². The Morgan fingerprint density at radius 3 is 2.27 bits per heavy atom.